The lowest BCUT2D eigenvalue weighted by Gasteiger charge is -2.21. The molecule has 8 nitrogen and oxygen atoms in total. The number of phosphoric acid groups is 2. The Morgan fingerprint density at radius 3 is 1.00 bits per heavy atom. The van der Waals surface area contributed by atoms with Crippen molar-refractivity contribution >= 4 is 15.6 Å². The normalized spacial score (nSPS) is 11.2. The number of aryl methyl sites for hydroxylation is 3. The Labute approximate surface area is 180 Å². The molecule has 0 fully saturated rings. The topological polar surface area (TPSA) is 123 Å². The third kappa shape index (κ3) is 8.58. The van der Waals surface area contributed by atoms with E-state index >= 15 is 0 Å². The van der Waals surface area contributed by atoms with Gasteiger partial charge in [-0.2, -0.15) is 4.57 Å². The highest BCUT2D eigenvalue weighted by Crippen LogP contribution is 2.51. The molecule has 10 heteroatoms. The summed E-state index contributed by atoms with van der Waals surface area (Å²) in [4.78, 5) is 21.6. The van der Waals surface area contributed by atoms with Gasteiger partial charge in [0.15, 0.2) is 0 Å². The van der Waals surface area contributed by atoms with Crippen LogP contribution in [0.15, 0.2) is 72.8 Å². The van der Waals surface area contributed by atoms with Crippen molar-refractivity contribution in [2.75, 3.05) is 0 Å². The highest BCUT2D eigenvalue weighted by Gasteiger charge is 2.34. The fourth-order valence-corrected chi connectivity index (χ4v) is 3.84. The monoisotopic (exact) mass is 466 g/mol. The van der Waals surface area contributed by atoms with Gasteiger partial charge in [0.1, 0.15) is 17.2 Å². The third-order valence-electron chi connectivity index (χ3n) is 3.91. The van der Waals surface area contributed by atoms with E-state index < -0.39 is 15.6 Å². The van der Waals surface area contributed by atoms with E-state index in [1.165, 1.54) is 0 Å². The molecule has 0 spiro atoms. The zero-order chi connectivity index (χ0) is 23.1. The van der Waals surface area contributed by atoms with Gasteiger partial charge < -0.3 is 28.3 Å². The van der Waals surface area contributed by atoms with Crippen molar-refractivity contribution in [3.8, 4) is 17.2 Å². The van der Waals surface area contributed by atoms with Crippen molar-refractivity contribution in [1.82, 2.24) is 0 Å². The first-order valence-corrected chi connectivity index (χ1v) is 12.1. The molecule has 0 heterocycles. The predicted octanol–water partition coefficient (Wildman–Crippen LogP) is 5.33. The highest BCUT2D eigenvalue weighted by molar-refractivity contribution is 7.49. The quantitative estimate of drug-likeness (QED) is 0.417. The summed E-state index contributed by atoms with van der Waals surface area (Å²) in [6, 6.07) is 22.0. The zero-order valence-electron chi connectivity index (χ0n) is 17.2. The average molecular weight is 466 g/mol. The second-order valence-corrected chi connectivity index (χ2v) is 9.00. The summed E-state index contributed by atoms with van der Waals surface area (Å²) in [5.74, 6) is 1.37. The van der Waals surface area contributed by atoms with Gasteiger partial charge in [0, 0.05) is 0 Å². The van der Waals surface area contributed by atoms with E-state index in [0.29, 0.717) is 17.2 Å². The summed E-state index contributed by atoms with van der Waals surface area (Å²) < 4.78 is 39.7. The summed E-state index contributed by atoms with van der Waals surface area (Å²) in [6.07, 6.45) is 0. The zero-order valence-corrected chi connectivity index (χ0v) is 19.0. The molecule has 3 N–H and O–H groups in total. The van der Waals surface area contributed by atoms with E-state index in [4.69, 9.17) is 32.8 Å². The largest absolute Gasteiger partial charge is 0.647 e. The third-order valence-corrected chi connectivity index (χ3v) is 5.17. The van der Waals surface area contributed by atoms with Gasteiger partial charge in [-0.25, -0.2) is 4.57 Å². The Balaban J connectivity index is 0.000000614. The first-order valence-electron chi connectivity index (χ1n) is 9.11. The first kappa shape index (κ1) is 24.7. The van der Waals surface area contributed by atoms with Crippen LogP contribution in [0.5, 0.6) is 17.2 Å². The maximum absolute atomic E-state index is 13.5. The van der Waals surface area contributed by atoms with Gasteiger partial charge >= 0.3 is 15.6 Å². The molecule has 0 atom stereocenters. The molecule has 0 saturated carbocycles. The van der Waals surface area contributed by atoms with E-state index in [9.17, 15) is 4.57 Å². The molecular formula is C21H24O8P2. The maximum Gasteiger partial charge on any atom is 0.647 e. The summed E-state index contributed by atoms with van der Waals surface area (Å²) in [5, 5.41) is 0. The van der Waals surface area contributed by atoms with Crippen LogP contribution in [0.4, 0.5) is 0 Å². The number of para-hydroxylation sites is 3. The van der Waals surface area contributed by atoms with Crippen molar-refractivity contribution < 1.29 is 37.4 Å². The molecule has 166 valence electrons. The van der Waals surface area contributed by atoms with Crippen LogP contribution in [0, 0.1) is 20.8 Å². The summed E-state index contributed by atoms with van der Waals surface area (Å²) >= 11 is 0. The molecule has 0 unspecified atom stereocenters. The van der Waals surface area contributed by atoms with E-state index in [2.05, 4.69) is 0 Å². The molecule has 0 aliphatic rings. The van der Waals surface area contributed by atoms with Gasteiger partial charge in [-0.15, -0.1) is 0 Å². The molecule has 31 heavy (non-hydrogen) atoms. The Bertz CT molecular complexity index is 979. The molecule has 0 aliphatic heterocycles. The lowest BCUT2D eigenvalue weighted by atomic mass is 10.2. The van der Waals surface area contributed by atoms with E-state index in [-0.39, 0.29) is 0 Å². The van der Waals surface area contributed by atoms with E-state index in [1.807, 2.05) is 75.4 Å². The van der Waals surface area contributed by atoms with E-state index in [0.717, 1.165) is 16.7 Å². The van der Waals surface area contributed by atoms with Crippen molar-refractivity contribution in [2.24, 2.45) is 0 Å². The molecule has 0 aromatic heterocycles. The molecular weight excluding hydrogens is 442 g/mol. The molecule has 0 saturated heterocycles. The van der Waals surface area contributed by atoms with Gasteiger partial charge in [0.2, 0.25) is 0 Å². The SMILES string of the molecule is Cc1ccccc1OP(=O)(Oc1ccccc1C)Oc1ccccc1C.O=P(O)(O)O. The minimum Gasteiger partial charge on any atom is -0.386 e. The van der Waals surface area contributed by atoms with Crippen LogP contribution in [0.2, 0.25) is 0 Å². The fraction of sp³-hybridized carbons (Fsp3) is 0.143. The summed E-state index contributed by atoms with van der Waals surface area (Å²) in [6.45, 7) is 5.63. The standard InChI is InChI=1S/C21H21O4P.H3O4P/c1-16-10-4-7-13-19(16)23-26(22,24-20-14-8-5-11-17(20)2)25-21-15-9-6-12-18(21)3;1-5(2,3)4/h4-15H,1-3H3;(H3,1,2,3,4). The van der Waals surface area contributed by atoms with Gasteiger partial charge in [0.25, 0.3) is 0 Å². The minimum atomic E-state index is -4.64. The number of rotatable bonds is 6. The van der Waals surface area contributed by atoms with Gasteiger partial charge in [-0.1, -0.05) is 54.6 Å². The highest BCUT2D eigenvalue weighted by atomic mass is 31.2. The second kappa shape index (κ2) is 10.6. The molecule has 0 amide bonds. The Morgan fingerprint density at radius 2 is 0.774 bits per heavy atom. The maximum atomic E-state index is 13.5. The van der Waals surface area contributed by atoms with Crippen LogP contribution >= 0.6 is 15.6 Å². The molecule has 0 aliphatic carbocycles. The molecule has 0 radical (unpaired) electrons. The smallest absolute Gasteiger partial charge is 0.386 e. The Kier molecular flexibility index (Phi) is 8.45. The van der Waals surface area contributed by atoms with Crippen LogP contribution in [-0.2, 0) is 9.13 Å². The van der Waals surface area contributed by atoms with Crippen molar-refractivity contribution in [3.63, 3.8) is 0 Å². The van der Waals surface area contributed by atoms with Crippen molar-refractivity contribution in [2.45, 2.75) is 20.8 Å². The molecule has 3 aromatic carbocycles. The van der Waals surface area contributed by atoms with Crippen molar-refractivity contribution in [1.29, 1.82) is 0 Å². The van der Waals surface area contributed by atoms with Crippen LogP contribution in [0.1, 0.15) is 16.7 Å². The minimum absolute atomic E-state index is 0.456. The van der Waals surface area contributed by atoms with E-state index in [1.54, 1.807) is 18.2 Å². The average Bonchev–Trinajstić information content (AvgIpc) is 2.66. The lowest BCUT2D eigenvalue weighted by Crippen LogP contribution is -2.09. The number of phosphoric ester groups is 1. The van der Waals surface area contributed by atoms with Gasteiger partial charge in [-0.05, 0) is 55.7 Å². The summed E-state index contributed by atoms with van der Waals surface area (Å²) in [7, 11) is -8.60. The lowest BCUT2D eigenvalue weighted by molar-refractivity contribution is 0.275. The van der Waals surface area contributed by atoms with Crippen LogP contribution in [0.3, 0.4) is 0 Å². The van der Waals surface area contributed by atoms with Crippen LogP contribution in [-0.4, -0.2) is 14.7 Å². The second-order valence-electron chi connectivity index (χ2n) is 6.53. The van der Waals surface area contributed by atoms with Crippen LogP contribution < -0.4 is 13.6 Å². The van der Waals surface area contributed by atoms with Gasteiger partial charge in [0.05, 0.1) is 0 Å². The van der Waals surface area contributed by atoms with Crippen LogP contribution in [0.25, 0.3) is 0 Å². The number of benzene rings is 3. The predicted molar refractivity (Wildman–Crippen MR) is 117 cm³/mol. The number of hydrogen-bond donors (Lipinski definition) is 3. The fourth-order valence-electron chi connectivity index (χ4n) is 2.39. The summed E-state index contributed by atoms with van der Waals surface area (Å²) in [5.41, 5.74) is 2.53. The molecule has 3 rings (SSSR count). The Morgan fingerprint density at radius 1 is 0.548 bits per heavy atom. The van der Waals surface area contributed by atoms with Crippen molar-refractivity contribution in [3.05, 3.63) is 89.5 Å². The first-order chi connectivity index (χ1) is 14.5. The Hall–Kier alpha value is -2.60. The molecule has 0 bridgehead atoms. The molecule has 3 aromatic rings. The van der Waals surface area contributed by atoms with Gasteiger partial charge in [-0.3, -0.25) is 0 Å². The number of hydrogen-bond acceptors (Lipinski definition) is 5.